The fourth-order valence-corrected chi connectivity index (χ4v) is 2.04. The van der Waals surface area contributed by atoms with Gasteiger partial charge in [-0.2, -0.15) is 0 Å². The molecule has 0 aromatic heterocycles. The Kier molecular flexibility index (Phi) is 4.40. The summed E-state index contributed by atoms with van der Waals surface area (Å²) in [5, 5.41) is 0.0454. The second kappa shape index (κ2) is 6.06. The molecule has 4 heteroatoms. The van der Waals surface area contributed by atoms with Gasteiger partial charge in [0.25, 0.3) is 0 Å². The average molecular weight is 293 g/mol. The van der Waals surface area contributed by atoms with Crippen LogP contribution in [0.1, 0.15) is 28.4 Å². The monoisotopic (exact) mass is 292 g/mol. The number of ether oxygens (including phenoxy) is 1. The molecule has 20 heavy (non-hydrogen) atoms. The molecule has 0 bridgehead atoms. The van der Waals surface area contributed by atoms with Crippen LogP contribution in [0.4, 0.5) is 4.39 Å². The molecule has 0 radical (unpaired) electrons. The molecule has 0 unspecified atom stereocenters. The van der Waals surface area contributed by atoms with E-state index in [4.69, 9.17) is 16.3 Å². The van der Waals surface area contributed by atoms with Gasteiger partial charge >= 0.3 is 0 Å². The number of hydrogen-bond donors (Lipinski definition) is 0. The van der Waals surface area contributed by atoms with Gasteiger partial charge < -0.3 is 4.74 Å². The normalized spacial score (nSPS) is 10.4. The Bertz CT molecular complexity index is 653. The summed E-state index contributed by atoms with van der Waals surface area (Å²) in [7, 11) is 0. The van der Waals surface area contributed by atoms with Crippen molar-refractivity contribution in [3.8, 4) is 5.75 Å². The van der Waals surface area contributed by atoms with Crippen LogP contribution in [-0.2, 0) is 6.61 Å². The number of hydrogen-bond acceptors (Lipinski definition) is 2. The molecule has 0 fully saturated rings. The van der Waals surface area contributed by atoms with Gasteiger partial charge in [-0.1, -0.05) is 35.4 Å². The first kappa shape index (κ1) is 14.5. The van der Waals surface area contributed by atoms with Gasteiger partial charge in [-0.05, 0) is 32.0 Å². The second-order valence-electron chi connectivity index (χ2n) is 4.56. The van der Waals surface area contributed by atoms with E-state index in [1.54, 1.807) is 24.3 Å². The highest BCUT2D eigenvalue weighted by molar-refractivity contribution is 6.31. The topological polar surface area (TPSA) is 26.3 Å². The van der Waals surface area contributed by atoms with Crippen LogP contribution in [0.3, 0.4) is 0 Å². The van der Waals surface area contributed by atoms with Crippen molar-refractivity contribution in [3.05, 3.63) is 63.9 Å². The van der Waals surface area contributed by atoms with Crippen molar-refractivity contribution in [1.29, 1.82) is 0 Å². The van der Waals surface area contributed by atoms with E-state index in [-0.39, 0.29) is 17.4 Å². The quantitative estimate of drug-likeness (QED) is 0.772. The zero-order valence-electron chi connectivity index (χ0n) is 11.2. The molecule has 2 aromatic carbocycles. The third-order valence-corrected chi connectivity index (χ3v) is 3.35. The summed E-state index contributed by atoms with van der Waals surface area (Å²) in [6.45, 7) is 3.50. The number of carbonyl (C=O) groups is 1. The van der Waals surface area contributed by atoms with Gasteiger partial charge in [-0.15, -0.1) is 0 Å². The Morgan fingerprint density at radius 3 is 2.75 bits per heavy atom. The van der Waals surface area contributed by atoms with E-state index < -0.39 is 5.82 Å². The highest BCUT2D eigenvalue weighted by Gasteiger charge is 2.11. The lowest BCUT2D eigenvalue weighted by atomic mass is 10.1. The van der Waals surface area contributed by atoms with Gasteiger partial charge in [0.05, 0.1) is 10.6 Å². The van der Waals surface area contributed by atoms with Crippen molar-refractivity contribution in [2.45, 2.75) is 20.5 Å². The van der Waals surface area contributed by atoms with Crippen LogP contribution < -0.4 is 4.74 Å². The smallest absolute Gasteiger partial charge is 0.163 e. The third kappa shape index (κ3) is 3.17. The number of Topliss-reactive ketones (excluding diaryl/α,β-unsaturated/α-hetero) is 1. The molecule has 0 amide bonds. The predicted octanol–water partition coefficient (Wildman–Crippen LogP) is 4.57. The first-order chi connectivity index (χ1) is 9.49. The molecule has 0 atom stereocenters. The number of carbonyl (C=O) groups excluding carboxylic acids is 1. The minimum atomic E-state index is -0.483. The molecule has 0 aliphatic heterocycles. The minimum Gasteiger partial charge on any atom is -0.488 e. The largest absolute Gasteiger partial charge is 0.488 e. The van der Waals surface area contributed by atoms with Gasteiger partial charge in [0.2, 0.25) is 0 Å². The van der Waals surface area contributed by atoms with Gasteiger partial charge in [-0.3, -0.25) is 4.79 Å². The SMILES string of the molecule is CC(=O)c1cc(C)ccc1OCc1cccc(F)c1Cl. The molecule has 0 saturated carbocycles. The highest BCUT2D eigenvalue weighted by Crippen LogP contribution is 2.24. The van der Waals surface area contributed by atoms with Crippen LogP contribution in [0.2, 0.25) is 5.02 Å². The summed E-state index contributed by atoms with van der Waals surface area (Å²) in [6, 6.07) is 9.91. The molecular weight excluding hydrogens is 279 g/mol. The summed E-state index contributed by atoms with van der Waals surface area (Å²) >= 11 is 5.87. The number of aryl methyl sites for hydroxylation is 1. The molecule has 0 aliphatic rings. The number of benzene rings is 2. The van der Waals surface area contributed by atoms with E-state index in [1.807, 2.05) is 13.0 Å². The van der Waals surface area contributed by atoms with Crippen LogP contribution in [0.15, 0.2) is 36.4 Å². The van der Waals surface area contributed by atoms with Crippen molar-refractivity contribution in [2.75, 3.05) is 0 Å². The van der Waals surface area contributed by atoms with Gasteiger partial charge in [0, 0.05) is 5.56 Å². The van der Waals surface area contributed by atoms with E-state index in [0.717, 1.165) is 5.56 Å². The first-order valence-corrected chi connectivity index (χ1v) is 6.54. The predicted molar refractivity (Wildman–Crippen MR) is 76.9 cm³/mol. The van der Waals surface area contributed by atoms with Crippen LogP contribution in [-0.4, -0.2) is 5.78 Å². The maximum atomic E-state index is 13.3. The second-order valence-corrected chi connectivity index (χ2v) is 4.94. The first-order valence-electron chi connectivity index (χ1n) is 6.16. The molecule has 0 heterocycles. The maximum absolute atomic E-state index is 13.3. The van der Waals surface area contributed by atoms with E-state index in [2.05, 4.69) is 0 Å². The lowest BCUT2D eigenvalue weighted by Gasteiger charge is -2.11. The molecular formula is C16H14ClFO2. The van der Waals surface area contributed by atoms with Crippen LogP contribution in [0.25, 0.3) is 0 Å². The van der Waals surface area contributed by atoms with Crippen molar-refractivity contribution in [1.82, 2.24) is 0 Å². The molecule has 0 spiro atoms. The molecule has 0 saturated heterocycles. The maximum Gasteiger partial charge on any atom is 0.163 e. The number of rotatable bonds is 4. The molecule has 2 aromatic rings. The number of ketones is 1. The van der Waals surface area contributed by atoms with Crippen molar-refractivity contribution in [2.24, 2.45) is 0 Å². The van der Waals surface area contributed by atoms with Gasteiger partial charge in [0.15, 0.2) is 5.78 Å². The highest BCUT2D eigenvalue weighted by atomic mass is 35.5. The van der Waals surface area contributed by atoms with Crippen LogP contribution in [0, 0.1) is 12.7 Å². The third-order valence-electron chi connectivity index (χ3n) is 2.93. The van der Waals surface area contributed by atoms with Gasteiger partial charge in [-0.25, -0.2) is 4.39 Å². The summed E-state index contributed by atoms with van der Waals surface area (Å²) in [4.78, 5) is 11.6. The van der Waals surface area contributed by atoms with E-state index in [0.29, 0.717) is 16.9 Å². The molecule has 2 nitrogen and oxygen atoms in total. The summed E-state index contributed by atoms with van der Waals surface area (Å²) in [5.74, 6) is -0.0825. The molecule has 2 rings (SSSR count). The zero-order valence-corrected chi connectivity index (χ0v) is 12.0. The zero-order chi connectivity index (χ0) is 14.7. The Balaban J connectivity index is 2.23. The minimum absolute atomic E-state index is 0.0454. The summed E-state index contributed by atoms with van der Waals surface area (Å²) in [5.41, 5.74) is 2.03. The molecule has 0 N–H and O–H groups in total. The van der Waals surface area contributed by atoms with E-state index in [9.17, 15) is 9.18 Å². The fraction of sp³-hybridized carbons (Fsp3) is 0.188. The van der Waals surface area contributed by atoms with Crippen LogP contribution in [0.5, 0.6) is 5.75 Å². The average Bonchev–Trinajstić information content (AvgIpc) is 2.41. The Labute approximate surface area is 122 Å². The lowest BCUT2D eigenvalue weighted by molar-refractivity contribution is 0.101. The van der Waals surface area contributed by atoms with Crippen molar-refractivity contribution >= 4 is 17.4 Å². The molecule has 104 valence electrons. The van der Waals surface area contributed by atoms with E-state index >= 15 is 0 Å². The Morgan fingerprint density at radius 2 is 2.05 bits per heavy atom. The summed E-state index contributed by atoms with van der Waals surface area (Å²) < 4.78 is 18.9. The number of halogens is 2. The fourth-order valence-electron chi connectivity index (χ4n) is 1.86. The molecule has 0 aliphatic carbocycles. The Morgan fingerprint density at radius 1 is 1.30 bits per heavy atom. The van der Waals surface area contributed by atoms with Crippen LogP contribution >= 0.6 is 11.6 Å². The standard InChI is InChI=1S/C16H14ClFO2/c1-10-6-7-15(13(8-10)11(2)19)20-9-12-4-3-5-14(18)16(12)17/h3-8H,9H2,1-2H3. The lowest BCUT2D eigenvalue weighted by Crippen LogP contribution is -2.03. The summed E-state index contributed by atoms with van der Waals surface area (Å²) in [6.07, 6.45) is 0. The van der Waals surface area contributed by atoms with Gasteiger partial charge in [0.1, 0.15) is 18.2 Å². The van der Waals surface area contributed by atoms with E-state index in [1.165, 1.54) is 13.0 Å². The Hall–Kier alpha value is -1.87. The van der Waals surface area contributed by atoms with Crippen molar-refractivity contribution in [3.63, 3.8) is 0 Å². The van der Waals surface area contributed by atoms with Crippen molar-refractivity contribution < 1.29 is 13.9 Å².